The molecule has 0 saturated heterocycles. The van der Waals surface area contributed by atoms with Crippen LogP contribution in [0.1, 0.15) is 35.9 Å². The van der Waals surface area contributed by atoms with E-state index in [1.165, 1.54) is 4.68 Å². The first kappa shape index (κ1) is 20.4. The lowest BCUT2D eigenvalue weighted by atomic mass is 10.1. The molecular weight excluding hydrogens is 370 g/mol. The highest BCUT2D eigenvalue weighted by Gasteiger charge is 2.21. The molecule has 0 radical (unpaired) electrons. The Morgan fingerprint density at radius 3 is 2.41 bits per heavy atom. The number of aromatic nitrogens is 2. The molecule has 2 aromatic carbocycles. The lowest BCUT2D eigenvalue weighted by Crippen LogP contribution is -2.32. The molecule has 0 saturated carbocycles. The lowest BCUT2D eigenvalue weighted by Gasteiger charge is -2.20. The van der Waals surface area contributed by atoms with Gasteiger partial charge in [0.2, 0.25) is 0 Å². The minimum Gasteiger partial charge on any atom is -0.497 e. The average molecular weight is 395 g/mol. The smallest absolute Gasteiger partial charge is 0.274 e. The highest BCUT2D eigenvalue weighted by atomic mass is 16.5. The van der Waals surface area contributed by atoms with E-state index in [1.807, 2.05) is 26.0 Å². The molecule has 3 aromatic rings. The van der Waals surface area contributed by atoms with Crippen LogP contribution in [-0.2, 0) is 6.54 Å². The van der Waals surface area contributed by atoms with Gasteiger partial charge in [0, 0.05) is 30.6 Å². The van der Waals surface area contributed by atoms with E-state index in [2.05, 4.69) is 5.10 Å². The largest absolute Gasteiger partial charge is 0.497 e. The second kappa shape index (κ2) is 8.34. The van der Waals surface area contributed by atoms with Gasteiger partial charge in [0.1, 0.15) is 11.5 Å². The summed E-state index contributed by atoms with van der Waals surface area (Å²) in [7, 11) is 4.87. The van der Waals surface area contributed by atoms with Crippen LogP contribution in [-0.4, -0.2) is 41.9 Å². The molecule has 0 bridgehead atoms. The molecule has 0 aliphatic rings. The first-order chi connectivity index (χ1) is 13.9. The molecule has 29 heavy (non-hydrogen) atoms. The van der Waals surface area contributed by atoms with Crippen LogP contribution in [0.25, 0.3) is 10.8 Å². The van der Waals surface area contributed by atoms with Gasteiger partial charge in [-0.3, -0.25) is 9.59 Å². The van der Waals surface area contributed by atoms with E-state index >= 15 is 0 Å². The molecule has 152 valence electrons. The van der Waals surface area contributed by atoms with E-state index in [-0.39, 0.29) is 23.2 Å². The summed E-state index contributed by atoms with van der Waals surface area (Å²) in [6, 6.07) is 12.4. The number of benzene rings is 2. The van der Waals surface area contributed by atoms with Crippen molar-refractivity contribution in [3.8, 4) is 11.5 Å². The Morgan fingerprint density at radius 2 is 1.79 bits per heavy atom. The number of methoxy groups -OCH3 is 2. The summed E-state index contributed by atoms with van der Waals surface area (Å²) in [5.74, 6) is 1.04. The second-order valence-electron chi connectivity index (χ2n) is 7.08. The fraction of sp³-hybridized carbons (Fsp3) is 0.318. The number of carbonyl (C=O) groups is 1. The molecule has 1 amide bonds. The molecule has 0 fully saturated rings. The maximum Gasteiger partial charge on any atom is 0.274 e. The minimum absolute atomic E-state index is 0.161. The molecule has 1 heterocycles. The van der Waals surface area contributed by atoms with Crippen molar-refractivity contribution in [3.05, 3.63) is 64.1 Å². The summed E-state index contributed by atoms with van der Waals surface area (Å²) in [6.45, 7) is 4.05. The van der Waals surface area contributed by atoms with Gasteiger partial charge in [-0.05, 0) is 32.0 Å². The molecule has 7 heteroatoms. The van der Waals surface area contributed by atoms with Crippen LogP contribution in [0.3, 0.4) is 0 Å². The topological polar surface area (TPSA) is 73.7 Å². The predicted molar refractivity (Wildman–Crippen MR) is 112 cm³/mol. The number of amides is 1. The van der Waals surface area contributed by atoms with Gasteiger partial charge >= 0.3 is 0 Å². The molecule has 7 nitrogen and oxygen atoms in total. The van der Waals surface area contributed by atoms with Crippen molar-refractivity contribution in [2.45, 2.75) is 26.4 Å². The van der Waals surface area contributed by atoms with Crippen LogP contribution in [0.4, 0.5) is 0 Å². The van der Waals surface area contributed by atoms with Crippen molar-refractivity contribution in [2.24, 2.45) is 0 Å². The summed E-state index contributed by atoms with van der Waals surface area (Å²) < 4.78 is 12.0. The Hall–Kier alpha value is -3.35. The third-order valence-electron chi connectivity index (χ3n) is 4.77. The Kier molecular flexibility index (Phi) is 5.87. The van der Waals surface area contributed by atoms with Gasteiger partial charge < -0.3 is 14.4 Å². The zero-order valence-corrected chi connectivity index (χ0v) is 17.3. The first-order valence-corrected chi connectivity index (χ1v) is 9.35. The molecule has 0 atom stereocenters. The van der Waals surface area contributed by atoms with Crippen molar-refractivity contribution >= 4 is 16.7 Å². The zero-order chi connectivity index (χ0) is 21.1. The third-order valence-corrected chi connectivity index (χ3v) is 4.77. The zero-order valence-electron chi connectivity index (χ0n) is 17.3. The van der Waals surface area contributed by atoms with Crippen LogP contribution < -0.4 is 15.0 Å². The van der Waals surface area contributed by atoms with Gasteiger partial charge in [0.25, 0.3) is 11.5 Å². The quantitative estimate of drug-likeness (QED) is 0.640. The highest BCUT2D eigenvalue weighted by molar-refractivity contribution is 6.04. The number of hydrogen-bond donors (Lipinski definition) is 0. The molecule has 0 N–H and O–H groups in total. The van der Waals surface area contributed by atoms with Crippen molar-refractivity contribution < 1.29 is 14.3 Å². The van der Waals surface area contributed by atoms with Crippen molar-refractivity contribution in [1.29, 1.82) is 0 Å². The summed E-state index contributed by atoms with van der Waals surface area (Å²) in [5, 5.41) is 5.42. The lowest BCUT2D eigenvalue weighted by molar-refractivity contribution is 0.0777. The molecule has 0 unspecified atom stereocenters. The van der Waals surface area contributed by atoms with Crippen LogP contribution in [0.2, 0.25) is 0 Å². The number of nitrogens with zero attached hydrogens (tertiary/aromatic N) is 3. The number of carbonyl (C=O) groups excluding carboxylic acids is 1. The van der Waals surface area contributed by atoms with E-state index in [0.717, 1.165) is 5.56 Å². The van der Waals surface area contributed by atoms with Gasteiger partial charge in [-0.2, -0.15) is 5.10 Å². The summed E-state index contributed by atoms with van der Waals surface area (Å²) in [6.07, 6.45) is 0. The van der Waals surface area contributed by atoms with Gasteiger partial charge in [0.05, 0.1) is 25.6 Å². The molecular formula is C22H25N3O4. The van der Waals surface area contributed by atoms with Gasteiger partial charge in [-0.1, -0.05) is 18.2 Å². The number of fused-ring (bicyclic) bond motifs is 1. The summed E-state index contributed by atoms with van der Waals surface area (Å²) >= 11 is 0. The van der Waals surface area contributed by atoms with Crippen LogP contribution in [0, 0.1) is 0 Å². The number of hydrogen-bond acceptors (Lipinski definition) is 5. The average Bonchev–Trinajstić information content (AvgIpc) is 2.73. The van der Waals surface area contributed by atoms with E-state index in [1.54, 1.807) is 56.5 Å². The van der Waals surface area contributed by atoms with Crippen molar-refractivity contribution in [1.82, 2.24) is 14.7 Å². The number of ether oxygens (including phenoxy) is 2. The Balaban J connectivity index is 2.01. The fourth-order valence-electron chi connectivity index (χ4n) is 3.21. The SMILES string of the molecule is COc1ccc(CN(C)C(=O)c2nn(C(C)C)c(=O)c3ccccc23)c(OC)c1. The third kappa shape index (κ3) is 3.94. The molecule has 0 spiro atoms. The standard InChI is InChI=1S/C22H25N3O4/c1-14(2)25-21(26)18-9-7-6-8-17(18)20(23-25)22(27)24(3)13-15-10-11-16(28-4)12-19(15)29-5/h6-12,14H,13H2,1-5H3. The Bertz CT molecular complexity index is 1100. The van der Waals surface area contributed by atoms with Gasteiger partial charge in [0.15, 0.2) is 5.69 Å². The van der Waals surface area contributed by atoms with Crippen LogP contribution in [0.15, 0.2) is 47.3 Å². The summed E-state index contributed by atoms with van der Waals surface area (Å²) in [4.78, 5) is 27.5. The van der Waals surface area contributed by atoms with Crippen LogP contribution in [0.5, 0.6) is 11.5 Å². The maximum absolute atomic E-state index is 13.3. The van der Waals surface area contributed by atoms with Crippen LogP contribution >= 0.6 is 0 Å². The maximum atomic E-state index is 13.3. The normalized spacial score (nSPS) is 11.0. The Morgan fingerprint density at radius 1 is 1.10 bits per heavy atom. The van der Waals surface area contributed by atoms with E-state index in [9.17, 15) is 9.59 Å². The summed E-state index contributed by atoms with van der Waals surface area (Å²) in [5.41, 5.74) is 0.890. The molecule has 0 aliphatic heterocycles. The van der Waals surface area contributed by atoms with E-state index < -0.39 is 0 Å². The molecule has 1 aromatic heterocycles. The second-order valence-corrected chi connectivity index (χ2v) is 7.08. The molecule has 3 rings (SSSR count). The minimum atomic E-state index is -0.270. The van der Waals surface area contributed by atoms with Gasteiger partial charge in [-0.25, -0.2) is 4.68 Å². The van der Waals surface area contributed by atoms with Gasteiger partial charge in [-0.15, -0.1) is 0 Å². The monoisotopic (exact) mass is 395 g/mol. The van der Waals surface area contributed by atoms with E-state index in [4.69, 9.17) is 9.47 Å². The molecule has 0 aliphatic carbocycles. The first-order valence-electron chi connectivity index (χ1n) is 9.35. The highest BCUT2D eigenvalue weighted by Crippen LogP contribution is 2.26. The van der Waals surface area contributed by atoms with E-state index in [0.29, 0.717) is 28.8 Å². The predicted octanol–water partition coefficient (Wildman–Crippen LogP) is 3.27. The Labute approximate surface area is 169 Å². The van der Waals surface area contributed by atoms with Crippen molar-refractivity contribution in [3.63, 3.8) is 0 Å². The fourth-order valence-corrected chi connectivity index (χ4v) is 3.21. The number of rotatable bonds is 6. The van der Waals surface area contributed by atoms with Crippen molar-refractivity contribution in [2.75, 3.05) is 21.3 Å².